The van der Waals surface area contributed by atoms with Crippen LogP contribution in [-0.4, -0.2) is 50.6 Å². The summed E-state index contributed by atoms with van der Waals surface area (Å²) in [5.41, 5.74) is 1.09. The predicted octanol–water partition coefficient (Wildman–Crippen LogP) is 3.44. The summed E-state index contributed by atoms with van der Waals surface area (Å²) in [6, 6.07) is 9.87. The van der Waals surface area contributed by atoms with Crippen molar-refractivity contribution < 1.29 is 19.8 Å². The third-order valence-corrected chi connectivity index (χ3v) is 6.78. The number of aliphatic carboxylic acids is 1. The molecule has 3 atom stereocenters. The average molecular weight is 395 g/mol. The van der Waals surface area contributed by atoms with Crippen LogP contribution in [0.3, 0.4) is 0 Å². The fraction of sp³-hybridized carbons (Fsp3) is 0.500. The quantitative estimate of drug-likeness (QED) is 0.442. The Hall–Kier alpha value is -1.24. The van der Waals surface area contributed by atoms with Crippen LogP contribution in [0.1, 0.15) is 24.8 Å². The van der Waals surface area contributed by atoms with Crippen molar-refractivity contribution in [3.8, 4) is 0 Å². The zero-order chi connectivity index (χ0) is 18.8. The molecule has 2 N–H and O–H groups in total. The number of hydrogen-bond donors (Lipinski definition) is 2. The van der Waals surface area contributed by atoms with Crippen molar-refractivity contribution in [2.75, 3.05) is 17.3 Å². The zero-order valence-electron chi connectivity index (χ0n) is 14.8. The van der Waals surface area contributed by atoms with Crippen LogP contribution in [0.2, 0.25) is 0 Å². The smallest absolute Gasteiger partial charge is 0.313 e. The number of hydrogen-bond acceptors (Lipinski definition) is 5. The number of aliphatic hydroxyl groups excluding tert-OH is 1. The van der Waals surface area contributed by atoms with E-state index in [0.29, 0.717) is 18.6 Å². The van der Waals surface area contributed by atoms with Gasteiger partial charge in [-0.05, 0) is 35.8 Å². The first-order chi connectivity index (χ1) is 12.6. The van der Waals surface area contributed by atoms with Gasteiger partial charge in [0.2, 0.25) is 0 Å². The summed E-state index contributed by atoms with van der Waals surface area (Å²) in [5.74, 6) is 1.49. The third kappa shape index (κ3) is 7.56. The summed E-state index contributed by atoms with van der Waals surface area (Å²) in [6.07, 6.45) is 6.23. The van der Waals surface area contributed by atoms with E-state index in [0.717, 1.165) is 29.9 Å². The molecule has 1 aromatic rings. The van der Waals surface area contributed by atoms with Crippen LogP contribution >= 0.6 is 23.5 Å². The molecule has 0 spiro atoms. The maximum absolute atomic E-state index is 12.1. The number of benzene rings is 1. The Balaban J connectivity index is 1.74. The van der Waals surface area contributed by atoms with E-state index < -0.39 is 12.1 Å². The molecule has 26 heavy (non-hydrogen) atoms. The highest BCUT2D eigenvalue weighted by Crippen LogP contribution is 2.34. The largest absolute Gasteiger partial charge is 0.481 e. The van der Waals surface area contributed by atoms with Crippen molar-refractivity contribution in [3.63, 3.8) is 0 Å². The van der Waals surface area contributed by atoms with Gasteiger partial charge in [0.05, 0.1) is 17.1 Å². The Bertz CT molecular complexity index is 603. The summed E-state index contributed by atoms with van der Waals surface area (Å²) < 4.78 is 0. The van der Waals surface area contributed by atoms with Gasteiger partial charge >= 0.3 is 5.97 Å². The second-order valence-electron chi connectivity index (χ2n) is 6.40. The van der Waals surface area contributed by atoms with Gasteiger partial charge in [-0.1, -0.05) is 42.5 Å². The molecular weight excluding hydrogens is 368 g/mol. The molecule has 4 nitrogen and oxygen atoms in total. The van der Waals surface area contributed by atoms with Gasteiger partial charge in [0.25, 0.3) is 0 Å². The Morgan fingerprint density at radius 2 is 2.04 bits per heavy atom. The zero-order valence-corrected chi connectivity index (χ0v) is 16.4. The molecule has 0 aromatic heterocycles. The molecule has 1 aromatic carbocycles. The van der Waals surface area contributed by atoms with Gasteiger partial charge in [0.15, 0.2) is 0 Å². The van der Waals surface area contributed by atoms with Crippen LogP contribution < -0.4 is 0 Å². The van der Waals surface area contributed by atoms with Gasteiger partial charge in [-0.15, -0.1) is 11.8 Å². The predicted molar refractivity (Wildman–Crippen MR) is 109 cm³/mol. The number of carboxylic acids is 1. The topological polar surface area (TPSA) is 74.6 Å². The van der Waals surface area contributed by atoms with Crippen LogP contribution in [-0.2, 0) is 16.0 Å². The van der Waals surface area contributed by atoms with E-state index >= 15 is 0 Å². The fourth-order valence-corrected chi connectivity index (χ4v) is 5.17. The van der Waals surface area contributed by atoms with Gasteiger partial charge in [0, 0.05) is 12.8 Å². The standard InChI is InChI=1S/C20H26O4S2/c21-17(13-15-5-2-1-3-6-15)9-7-16-8-10-18(22)20(16)26-12-4-11-25-14-19(23)24/h1-3,5-7,9,16-17,20-21H,4,8,10-14H2,(H,23,24)/t16-,17?,20+/m0/s1. The Kier molecular flexibility index (Phi) is 9.29. The molecule has 1 unspecified atom stereocenters. The molecule has 0 saturated heterocycles. The Labute approximate surface area is 163 Å². The first-order valence-electron chi connectivity index (χ1n) is 8.90. The van der Waals surface area contributed by atoms with E-state index in [4.69, 9.17) is 5.11 Å². The minimum absolute atomic E-state index is 0.0281. The number of ketones is 1. The van der Waals surface area contributed by atoms with Crippen LogP contribution in [0.4, 0.5) is 0 Å². The highest BCUT2D eigenvalue weighted by Gasteiger charge is 2.33. The van der Waals surface area contributed by atoms with Crippen molar-refractivity contribution in [3.05, 3.63) is 48.0 Å². The van der Waals surface area contributed by atoms with E-state index in [1.54, 1.807) is 11.8 Å². The number of carboxylic acid groups (broad SMARTS) is 1. The lowest BCUT2D eigenvalue weighted by atomic mass is 10.0. The first-order valence-corrected chi connectivity index (χ1v) is 11.1. The highest BCUT2D eigenvalue weighted by molar-refractivity contribution is 8.01. The number of Topliss-reactive ketones (excluding diaryl/α,β-unsaturated/α-hetero) is 1. The number of carbonyl (C=O) groups excluding carboxylic acids is 1. The first kappa shape index (κ1) is 21.1. The monoisotopic (exact) mass is 394 g/mol. The van der Waals surface area contributed by atoms with Gasteiger partial charge in [-0.2, -0.15) is 11.8 Å². The van der Waals surface area contributed by atoms with Gasteiger partial charge in [-0.25, -0.2) is 0 Å². The highest BCUT2D eigenvalue weighted by atomic mass is 32.2. The molecule has 142 valence electrons. The van der Waals surface area contributed by atoms with Crippen molar-refractivity contribution in [1.82, 2.24) is 0 Å². The molecule has 0 aliphatic heterocycles. The molecule has 0 heterocycles. The number of carbonyl (C=O) groups is 2. The number of thioether (sulfide) groups is 2. The van der Waals surface area contributed by atoms with E-state index in [1.165, 1.54) is 11.8 Å². The van der Waals surface area contributed by atoms with Gasteiger partial charge < -0.3 is 10.2 Å². The number of allylic oxidation sites excluding steroid dienone is 1. The molecule has 1 aliphatic rings. The number of rotatable bonds is 11. The molecule has 2 rings (SSSR count). The van der Waals surface area contributed by atoms with Crippen LogP contribution in [0.25, 0.3) is 0 Å². The molecule has 0 radical (unpaired) electrons. The lowest BCUT2D eigenvalue weighted by Gasteiger charge is -2.15. The average Bonchev–Trinajstić information content (AvgIpc) is 2.97. The maximum Gasteiger partial charge on any atom is 0.313 e. The second kappa shape index (κ2) is 11.5. The van der Waals surface area contributed by atoms with Crippen LogP contribution in [0.5, 0.6) is 0 Å². The SMILES string of the molecule is O=C(O)CSCCCS[C@H]1C(=O)CC[C@@H]1C=CC(O)Cc1ccccc1. The molecular formula is C20H26O4S2. The summed E-state index contributed by atoms with van der Waals surface area (Å²) in [4.78, 5) is 22.6. The fourth-order valence-electron chi connectivity index (χ4n) is 2.98. The molecule has 0 bridgehead atoms. The molecule has 1 aliphatic carbocycles. The lowest BCUT2D eigenvalue weighted by molar-refractivity contribution is -0.133. The Morgan fingerprint density at radius 1 is 1.27 bits per heavy atom. The van der Waals surface area contributed by atoms with E-state index in [2.05, 4.69) is 0 Å². The minimum Gasteiger partial charge on any atom is -0.481 e. The molecule has 1 fully saturated rings. The summed E-state index contributed by atoms with van der Waals surface area (Å²) >= 11 is 3.09. The van der Waals surface area contributed by atoms with Crippen molar-refractivity contribution in [1.29, 1.82) is 0 Å². The second-order valence-corrected chi connectivity index (χ2v) is 8.76. The maximum atomic E-state index is 12.1. The summed E-state index contributed by atoms with van der Waals surface area (Å²) in [6.45, 7) is 0. The summed E-state index contributed by atoms with van der Waals surface area (Å²) in [5, 5.41) is 18.8. The van der Waals surface area contributed by atoms with Gasteiger partial charge in [0.1, 0.15) is 5.78 Å². The van der Waals surface area contributed by atoms with E-state index in [9.17, 15) is 14.7 Å². The minimum atomic E-state index is -0.784. The van der Waals surface area contributed by atoms with Crippen LogP contribution in [0, 0.1) is 5.92 Å². The normalized spacial score (nSPS) is 21.3. The van der Waals surface area contributed by atoms with Crippen molar-refractivity contribution in [2.24, 2.45) is 5.92 Å². The molecule has 1 saturated carbocycles. The number of aliphatic hydroxyl groups is 1. The Morgan fingerprint density at radius 3 is 2.77 bits per heavy atom. The van der Waals surface area contributed by atoms with Crippen molar-refractivity contribution in [2.45, 2.75) is 37.0 Å². The van der Waals surface area contributed by atoms with E-state index in [1.807, 2.05) is 42.5 Å². The van der Waals surface area contributed by atoms with Crippen LogP contribution in [0.15, 0.2) is 42.5 Å². The third-order valence-electron chi connectivity index (χ3n) is 4.25. The summed E-state index contributed by atoms with van der Waals surface area (Å²) in [7, 11) is 0. The molecule has 0 amide bonds. The molecule has 6 heteroatoms. The van der Waals surface area contributed by atoms with E-state index in [-0.39, 0.29) is 16.9 Å². The van der Waals surface area contributed by atoms with Crippen molar-refractivity contribution >= 4 is 35.3 Å². The lowest BCUT2D eigenvalue weighted by Crippen LogP contribution is -2.17. The van der Waals surface area contributed by atoms with Gasteiger partial charge in [-0.3, -0.25) is 9.59 Å².